The van der Waals surface area contributed by atoms with Crippen LogP contribution in [0.4, 0.5) is 10.1 Å². The van der Waals surface area contributed by atoms with Gasteiger partial charge in [-0.25, -0.2) is 12.8 Å². The number of nitriles is 1. The Morgan fingerprint density at radius 1 is 1.53 bits per heavy atom. The molecule has 0 saturated heterocycles. The molecule has 5 nitrogen and oxygen atoms in total. The van der Waals surface area contributed by atoms with Crippen molar-refractivity contribution in [1.29, 1.82) is 5.26 Å². The minimum atomic E-state index is -3.91. The summed E-state index contributed by atoms with van der Waals surface area (Å²) in [6.45, 7) is 0.0165. The fraction of sp³-hybridized carbons (Fsp3) is 0.300. The van der Waals surface area contributed by atoms with Gasteiger partial charge in [-0.05, 0) is 18.2 Å². The van der Waals surface area contributed by atoms with Gasteiger partial charge in [0.15, 0.2) is 0 Å². The van der Waals surface area contributed by atoms with Crippen LogP contribution in [-0.2, 0) is 10.0 Å². The van der Waals surface area contributed by atoms with Crippen molar-refractivity contribution < 1.29 is 12.8 Å². The van der Waals surface area contributed by atoms with Crippen LogP contribution in [0.3, 0.4) is 0 Å². The second-order valence-electron chi connectivity index (χ2n) is 3.42. The molecule has 0 bridgehead atoms. The van der Waals surface area contributed by atoms with Crippen LogP contribution in [0.2, 0.25) is 0 Å². The smallest absolute Gasteiger partial charge is 0.245 e. The van der Waals surface area contributed by atoms with Crippen molar-refractivity contribution in [2.75, 3.05) is 19.3 Å². The summed E-state index contributed by atoms with van der Waals surface area (Å²) >= 11 is 0. The third-order valence-electron chi connectivity index (χ3n) is 2.18. The molecule has 1 rings (SSSR count). The van der Waals surface area contributed by atoms with Gasteiger partial charge in [0.2, 0.25) is 10.0 Å². The normalized spacial score (nSPS) is 11.4. The van der Waals surface area contributed by atoms with Gasteiger partial charge in [0.1, 0.15) is 10.7 Å². The Balaban J connectivity index is 3.09. The minimum absolute atomic E-state index is 0.0165. The monoisotopic (exact) mass is 257 g/mol. The molecule has 0 amide bonds. The van der Waals surface area contributed by atoms with Crippen LogP contribution in [0, 0.1) is 17.1 Å². The molecule has 0 fully saturated rings. The van der Waals surface area contributed by atoms with E-state index in [0.29, 0.717) is 0 Å². The molecule has 17 heavy (non-hydrogen) atoms. The van der Waals surface area contributed by atoms with Crippen LogP contribution < -0.4 is 5.73 Å². The van der Waals surface area contributed by atoms with Crippen molar-refractivity contribution in [3.63, 3.8) is 0 Å². The second kappa shape index (κ2) is 5.12. The number of benzene rings is 1. The summed E-state index contributed by atoms with van der Waals surface area (Å²) in [6.07, 6.45) is 0.0479. The Labute approximate surface area is 99.3 Å². The number of rotatable bonds is 4. The number of hydrogen-bond donors (Lipinski definition) is 1. The molecule has 0 unspecified atom stereocenters. The van der Waals surface area contributed by atoms with Crippen molar-refractivity contribution in [3.8, 4) is 6.07 Å². The van der Waals surface area contributed by atoms with Gasteiger partial charge in [-0.15, -0.1) is 0 Å². The molecule has 1 aromatic rings. The number of anilines is 1. The minimum Gasteiger partial charge on any atom is -0.399 e. The molecule has 7 heteroatoms. The Bertz CT molecular complexity index is 551. The van der Waals surface area contributed by atoms with Gasteiger partial charge in [0, 0.05) is 25.7 Å². The number of nitrogen functional groups attached to an aromatic ring is 1. The predicted molar refractivity (Wildman–Crippen MR) is 60.9 cm³/mol. The molecule has 1 aromatic carbocycles. The van der Waals surface area contributed by atoms with E-state index >= 15 is 0 Å². The average molecular weight is 257 g/mol. The lowest BCUT2D eigenvalue weighted by Crippen LogP contribution is -2.28. The molecule has 0 aliphatic heterocycles. The Hall–Kier alpha value is -1.65. The Morgan fingerprint density at radius 3 is 2.71 bits per heavy atom. The molecular weight excluding hydrogens is 245 g/mol. The summed E-state index contributed by atoms with van der Waals surface area (Å²) in [7, 11) is -2.61. The van der Waals surface area contributed by atoms with Crippen LogP contribution >= 0.6 is 0 Å². The first-order chi connectivity index (χ1) is 7.89. The SMILES string of the molecule is CN(CCC#N)S(=O)(=O)c1ccc(N)cc1F. The van der Waals surface area contributed by atoms with E-state index < -0.39 is 20.7 Å². The van der Waals surface area contributed by atoms with Crippen molar-refractivity contribution in [2.24, 2.45) is 0 Å². The van der Waals surface area contributed by atoms with E-state index in [1.165, 1.54) is 13.1 Å². The zero-order valence-corrected chi connectivity index (χ0v) is 10.0. The molecule has 0 aliphatic rings. The summed E-state index contributed by atoms with van der Waals surface area (Å²) in [5.74, 6) is -0.895. The van der Waals surface area contributed by atoms with E-state index in [1.807, 2.05) is 6.07 Å². The van der Waals surface area contributed by atoms with Gasteiger partial charge >= 0.3 is 0 Å². The van der Waals surface area contributed by atoms with Gasteiger partial charge in [-0.1, -0.05) is 0 Å². The quantitative estimate of drug-likeness (QED) is 0.813. The summed E-state index contributed by atoms with van der Waals surface area (Å²) in [4.78, 5) is -0.438. The third kappa shape index (κ3) is 2.93. The summed E-state index contributed by atoms with van der Waals surface area (Å²) < 4.78 is 38.2. The fourth-order valence-corrected chi connectivity index (χ4v) is 2.43. The molecule has 0 aliphatic carbocycles. The number of halogens is 1. The van der Waals surface area contributed by atoms with Crippen LogP contribution in [-0.4, -0.2) is 26.3 Å². The molecule has 0 heterocycles. The summed E-state index contributed by atoms with van der Waals surface area (Å²) in [5.41, 5.74) is 5.49. The first-order valence-electron chi connectivity index (χ1n) is 4.78. The van der Waals surface area contributed by atoms with Crippen LogP contribution in [0.25, 0.3) is 0 Å². The molecule has 2 N–H and O–H groups in total. The van der Waals surface area contributed by atoms with Gasteiger partial charge < -0.3 is 5.73 Å². The molecule has 0 radical (unpaired) electrons. The van der Waals surface area contributed by atoms with E-state index in [0.717, 1.165) is 16.4 Å². The van der Waals surface area contributed by atoms with Gasteiger partial charge in [0.05, 0.1) is 6.07 Å². The summed E-state index contributed by atoms with van der Waals surface area (Å²) in [6, 6.07) is 5.20. The van der Waals surface area contributed by atoms with Gasteiger partial charge in [0.25, 0.3) is 0 Å². The highest BCUT2D eigenvalue weighted by Crippen LogP contribution is 2.20. The van der Waals surface area contributed by atoms with Crippen LogP contribution in [0.5, 0.6) is 0 Å². The van der Waals surface area contributed by atoms with Crippen molar-refractivity contribution in [1.82, 2.24) is 4.31 Å². The number of nitrogens with two attached hydrogens (primary N) is 1. The average Bonchev–Trinajstić information content (AvgIpc) is 2.25. The predicted octanol–water partition coefficient (Wildman–Crippen LogP) is 0.942. The maximum Gasteiger partial charge on any atom is 0.245 e. The van der Waals surface area contributed by atoms with Gasteiger partial charge in [-0.3, -0.25) is 0 Å². The Kier molecular flexibility index (Phi) is 4.04. The molecule has 0 aromatic heterocycles. The highest BCUT2D eigenvalue weighted by atomic mass is 32.2. The van der Waals surface area contributed by atoms with E-state index in [9.17, 15) is 12.8 Å². The van der Waals surface area contributed by atoms with Gasteiger partial charge in [-0.2, -0.15) is 9.57 Å². The highest BCUT2D eigenvalue weighted by Gasteiger charge is 2.23. The topological polar surface area (TPSA) is 87.2 Å². The first-order valence-corrected chi connectivity index (χ1v) is 6.22. The van der Waals surface area contributed by atoms with Crippen LogP contribution in [0.15, 0.2) is 23.1 Å². The third-order valence-corrected chi connectivity index (χ3v) is 4.07. The number of sulfonamides is 1. The van der Waals surface area contributed by atoms with Crippen molar-refractivity contribution in [2.45, 2.75) is 11.3 Å². The van der Waals surface area contributed by atoms with Crippen molar-refractivity contribution in [3.05, 3.63) is 24.0 Å². The van der Waals surface area contributed by atoms with Crippen molar-refractivity contribution >= 4 is 15.7 Å². The zero-order chi connectivity index (χ0) is 13.1. The standard InChI is InChI=1S/C10H12FN3O2S/c1-14(6-2-5-12)17(15,16)10-4-3-8(13)7-9(10)11/h3-4,7H,2,6,13H2,1H3. The van der Waals surface area contributed by atoms with Crippen LogP contribution in [0.1, 0.15) is 6.42 Å². The van der Waals surface area contributed by atoms with E-state index in [1.54, 1.807) is 0 Å². The van der Waals surface area contributed by atoms with E-state index in [-0.39, 0.29) is 18.7 Å². The molecule has 0 atom stereocenters. The lowest BCUT2D eigenvalue weighted by atomic mass is 10.3. The lowest BCUT2D eigenvalue weighted by molar-refractivity contribution is 0.469. The molecular formula is C10H12FN3O2S. The maximum atomic E-state index is 13.5. The number of hydrogen-bond acceptors (Lipinski definition) is 4. The second-order valence-corrected chi connectivity index (χ2v) is 5.44. The molecule has 92 valence electrons. The highest BCUT2D eigenvalue weighted by molar-refractivity contribution is 7.89. The fourth-order valence-electron chi connectivity index (χ4n) is 1.22. The number of nitrogens with zero attached hydrogens (tertiary/aromatic N) is 2. The largest absolute Gasteiger partial charge is 0.399 e. The molecule has 0 spiro atoms. The van der Waals surface area contributed by atoms with E-state index in [4.69, 9.17) is 11.0 Å². The Morgan fingerprint density at radius 2 is 2.18 bits per heavy atom. The molecule has 0 saturated carbocycles. The van der Waals surface area contributed by atoms with E-state index in [2.05, 4.69) is 0 Å². The summed E-state index contributed by atoms with van der Waals surface area (Å²) in [5, 5.41) is 8.38. The maximum absolute atomic E-state index is 13.5. The zero-order valence-electron chi connectivity index (χ0n) is 9.22. The first kappa shape index (κ1) is 13.4. The lowest BCUT2D eigenvalue weighted by Gasteiger charge is -2.16.